The molecule has 0 spiro atoms. The van der Waals surface area contributed by atoms with Crippen molar-refractivity contribution in [1.29, 1.82) is 0 Å². The largest absolute Gasteiger partial charge is 0.505 e. The highest BCUT2D eigenvalue weighted by Crippen LogP contribution is 2.30. The SMILES string of the molecule is C#CCOc1ccccc1COCc1cn(-c2cc(Cl)cc(C(=O)O)c2O)nn1. The summed E-state index contributed by atoms with van der Waals surface area (Å²) in [5.74, 6) is 1.29. The van der Waals surface area contributed by atoms with E-state index in [9.17, 15) is 9.90 Å². The second-order valence-corrected chi connectivity index (χ2v) is 6.31. The molecule has 148 valence electrons. The maximum absolute atomic E-state index is 11.2. The number of carboxylic acids is 1. The van der Waals surface area contributed by atoms with Crippen molar-refractivity contribution in [1.82, 2.24) is 15.0 Å². The Hall–Kier alpha value is -3.54. The summed E-state index contributed by atoms with van der Waals surface area (Å²) in [7, 11) is 0. The molecule has 2 N–H and O–H groups in total. The first-order chi connectivity index (χ1) is 14.0. The van der Waals surface area contributed by atoms with E-state index in [1.54, 1.807) is 6.07 Å². The lowest BCUT2D eigenvalue weighted by molar-refractivity contribution is 0.0693. The summed E-state index contributed by atoms with van der Waals surface area (Å²) in [5, 5.41) is 27.4. The second kappa shape index (κ2) is 9.10. The van der Waals surface area contributed by atoms with Gasteiger partial charge in [-0.2, -0.15) is 0 Å². The number of aromatic hydroxyl groups is 1. The molecular weight excluding hydrogens is 398 g/mol. The molecule has 2 aromatic carbocycles. The van der Waals surface area contributed by atoms with Gasteiger partial charge in [0.15, 0.2) is 5.75 Å². The molecule has 0 atom stereocenters. The molecule has 0 aliphatic carbocycles. The fraction of sp³-hybridized carbons (Fsp3) is 0.150. The molecule has 0 unspecified atom stereocenters. The molecule has 9 heteroatoms. The van der Waals surface area contributed by atoms with Crippen LogP contribution in [0.3, 0.4) is 0 Å². The van der Waals surface area contributed by atoms with Crippen molar-refractivity contribution in [2.24, 2.45) is 0 Å². The Kier molecular flexibility index (Phi) is 6.34. The molecule has 3 rings (SSSR count). The molecule has 0 aliphatic heterocycles. The molecule has 1 aromatic heterocycles. The normalized spacial score (nSPS) is 10.5. The van der Waals surface area contributed by atoms with Crippen LogP contribution in [0.15, 0.2) is 42.6 Å². The number of ether oxygens (including phenoxy) is 2. The van der Waals surface area contributed by atoms with Crippen molar-refractivity contribution in [3.05, 3.63) is 64.4 Å². The Morgan fingerprint density at radius 1 is 1.28 bits per heavy atom. The maximum Gasteiger partial charge on any atom is 0.339 e. The third-order valence-electron chi connectivity index (χ3n) is 3.86. The highest BCUT2D eigenvalue weighted by Gasteiger charge is 2.17. The number of carbonyl (C=O) groups is 1. The number of hydrogen-bond acceptors (Lipinski definition) is 6. The van der Waals surface area contributed by atoms with Crippen LogP contribution in [0.2, 0.25) is 5.02 Å². The molecule has 29 heavy (non-hydrogen) atoms. The summed E-state index contributed by atoms with van der Waals surface area (Å²) in [5.41, 5.74) is 1.07. The third-order valence-corrected chi connectivity index (χ3v) is 4.08. The van der Waals surface area contributed by atoms with Crippen molar-refractivity contribution < 1.29 is 24.5 Å². The minimum absolute atomic E-state index is 0.0988. The van der Waals surface area contributed by atoms with E-state index in [2.05, 4.69) is 16.2 Å². The fourth-order valence-electron chi connectivity index (χ4n) is 2.55. The average molecular weight is 414 g/mol. The first-order valence-electron chi connectivity index (χ1n) is 8.39. The number of phenols is 1. The highest BCUT2D eigenvalue weighted by atomic mass is 35.5. The van der Waals surface area contributed by atoms with Crippen molar-refractivity contribution in [2.45, 2.75) is 13.2 Å². The number of terminal acetylenes is 1. The number of para-hydroxylation sites is 1. The first-order valence-corrected chi connectivity index (χ1v) is 8.76. The number of benzene rings is 2. The number of carboxylic acid groups (broad SMARTS) is 1. The van der Waals surface area contributed by atoms with Crippen LogP contribution >= 0.6 is 11.6 Å². The molecule has 0 aliphatic rings. The van der Waals surface area contributed by atoms with Crippen LogP contribution in [0.25, 0.3) is 5.69 Å². The van der Waals surface area contributed by atoms with E-state index in [1.165, 1.54) is 16.9 Å². The van der Waals surface area contributed by atoms with Crippen molar-refractivity contribution in [3.63, 3.8) is 0 Å². The molecule has 3 aromatic rings. The average Bonchev–Trinajstić information content (AvgIpc) is 3.17. The molecule has 0 bridgehead atoms. The number of aromatic carboxylic acids is 1. The molecular formula is C20H16ClN3O5. The number of rotatable bonds is 8. The van der Waals surface area contributed by atoms with Gasteiger partial charge in [0.2, 0.25) is 0 Å². The number of nitrogens with zero attached hydrogens (tertiary/aromatic N) is 3. The summed E-state index contributed by atoms with van der Waals surface area (Å²) in [6.07, 6.45) is 6.73. The van der Waals surface area contributed by atoms with Gasteiger partial charge in [0, 0.05) is 10.6 Å². The Labute approximate surface area is 171 Å². The van der Waals surface area contributed by atoms with E-state index in [-0.39, 0.29) is 36.1 Å². The van der Waals surface area contributed by atoms with Gasteiger partial charge in [-0.25, -0.2) is 9.48 Å². The molecule has 8 nitrogen and oxygen atoms in total. The summed E-state index contributed by atoms with van der Waals surface area (Å²) >= 11 is 5.94. The van der Waals surface area contributed by atoms with Gasteiger partial charge in [-0.1, -0.05) is 40.9 Å². The Balaban J connectivity index is 1.70. The molecule has 0 radical (unpaired) electrons. The van der Waals surface area contributed by atoms with Crippen LogP contribution in [0, 0.1) is 12.3 Å². The lowest BCUT2D eigenvalue weighted by Crippen LogP contribution is -2.02. The maximum atomic E-state index is 11.2. The van der Waals surface area contributed by atoms with Gasteiger partial charge in [0.05, 0.1) is 19.4 Å². The van der Waals surface area contributed by atoms with Crippen LogP contribution in [0.5, 0.6) is 11.5 Å². The van der Waals surface area contributed by atoms with Crippen molar-refractivity contribution in [2.75, 3.05) is 6.61 Å². The topological polar surface area (TPSA) is 107 Å². The zero-order valence-electron chi connectivity index (χ0n) is 15.1. The van der Waals surface area contributed by atoms with Crippen LogP contribution in [0.4, 0.5) is 0 Å². The Morgan fingerprint density at radius 3 is 2.83 bits per heavy atom. The first kappa shape index (κ1) is 20.2. The predicted octanol–water partition coefficient (Wildman–Crippen LogP) is 3.05. The quantitative estimate of drug-likeness (QED) is 0.546. The summed E-state index contributed by atoms with van der Waals surface area (Å²) in [6, 6.07) is 9.91. The van der Waals surface area contributed by atoms with Gasteiger partial charge in [-0.3, -0.25) is 0 Å². The Morgan fingerprint density at radius 2 is 2.07 bits per heavy atom. The van der Waals surface area contributed by atoms with Crippen LogP contribution < -0.4 is 4.74 Å². The molecule has 0 fully saturated rings. The van der Waals surface area contributed by atoms with Gasteiger partial charge in [0.25, 0.3) is 0 Å². The summed E-state index contributed by atoms with van der Waals surface area (Å²) < 4.78 is 12.4. The van der Waals surface area contributed by atoms with Gasteiger partial charge < -0.3 is 19.7 Å². The van der Waals surface area contributed by atoms with E-state index in [1.807, 2.05) is 18.2 Å². The van der Waals surface area contributed by atoms with E-state index >= 15 is 0 Å². The fourth-order valence-corrected chi connectivity index (χ4v) is 2.77. The van der Waals surface area contributed by atoms with Crippen molar-refractivity contribution >= 4 is 17.6 Å². The summed E-state index contributed by atoms with van der Waals surface area (Å²) in [6.45, 7) is 0.558. The van der Waals surface area contributed by atoms with Gasteiger partial charge in [-0.05, 0) is 18.2 Å². The van der Waals surface area contributed by atoms with E-state index in [4.69, 9.17) is 32.6 Å². The second-order valence-electron chi connectivity index (χ2n) is 5.87. The third kappa shape index (κ3) is 4.85. The molecule has 0 amide bonds. The van der Waals surface area contributed by atoms with Crippen LogP contribution in [-0.2, 0) is 18.0 Å². The lowest BCUT2D eigenvalue weighted by Gasteiger charge is -2.09. The standard InChI is InChI=1S/C20H16ClN3O5/c1-2-7-29-18-6-4-3-5-13(18)11-28-12-15-10-24(23-22-15)17-9-14(21)8-16(19(17)25)20(26)27/h1,3-6,8-10,25H,7,11-12H2,(H,26,27). The van der Waals surface area contributed by atoms with E-state index < -0.39 is 11.7 Å². The van der Waals surface area contributed by atoms with E-state index in [0.717, 1.165) is 11.6 Å². The van der Waals surface area contributed by atoms with Crippen molar-refractivity contribution in [3.8, 4) is 29.5 Å². The van der Waals surface area contributed by atoms with Gasteiger partial charge in [0.1, 0.15) is 29.3 Å². The number of hydrogen-bond donors (Lipinski definition) is 2. The monoisotopic (exact) mass is 413 g/mol. The molecule has 0 saturated heterocycles. The lowest BCUT2D eigenvalue weighted by atomic mass is 10.1. The minimum atomic E-state index is -1.30. The van der Waals surface area contributed by atoms with Crippen LogP contribution in [0.1, 0.15) is 21.6 Å². The smallest absolute Gasteiger partial charge is 0.339 e. The zero-order valence-corrected chi connectivity index (χ0v) is 15.8. The molecule has 0 saturated carbocycles. The minimum Gasteiger partial charge on any atom is -0.505 e. The van der Waals surface area contributed by atoms with Gasteiger partial charge >= 0.3 is 5.97 Å². The van der Waals surface area contributed by atoms with Crippen LogP contribution in [-0.4, -0.2) is 37.8 Å². The number of aromatic nitrogens is 3. The zero-order chi connectivity index (χ0) is 20.8. The predicted molar refractivity (Wildman–Crippen MR) is 104 cm³/mol. The molecule has 1 heterocycles. The highest BCUT2D eigenvalue weighted by molar-refractivity contribution is 6.31. The number of halogens is 1. The van der Waals surface area contributed by atoms with E-state index in [0.29, 0.717) is 11.4 Å². The van der Waals surface area contributed by atoms with Gasteiger partial charge in [-0.15, -0.1) is 11.5 Å². The Bertz CT molecular complexity index is 1070. The summed E-state index contributed by atoms with van der Waals surface area (Å²) in [4.78, 5) is 11.2.